The molecule has 0 heterocycles. The molecule has 0 aliphatic carbocycles. The van der Waals surface area contributed by atoms with Gasteiger partial charge >= 0.3 is 0 Å². The number of hydrogen-bond acceptors (Lipinski definition) is 1. The molecule has 9 heavy (non-hydrogen) atoms. The topological polar surface area (TPSA) is 3.24 Å². The Balaban J connectivity index is -0.0000000417. The van der Waals surface area contributed by atoms with Gasteiger partial charge < -0.3 is 4.90 Å². The molecule has 0 aliphatic heterocycles. The molecule has 0 atom stereocenters. The quantitative estimate of drug-likeness (QED) is 0.701. The second kappa shape index (κ2) is 15.9. The normalized spacial score (nSPS) is 6.67. The Hall–Kier alpha value is 0.830. The van der Waals surface area contributed by atoms with Gasteiger partial charge in [0.05, 0.1) is 0 Å². The Labute approximate surface area is 79.6 Å². The summed E-state index contributed by atoms with van der Waals surface area (Å²) in [6, 6.07) is 0. The molecular weight excluding hydrogens is 213 g/mol. The first-order chi connectivity index (χ1) is 2.77. The van der Waals surface area contributed by atoms with E-state index < -0.39 is 0 Å². The molecule has 0 aromatic rings. The van der Waals surface area contributed by atoms with E-state index in [1.165, 1.54) is 0 Å². The van der Waals surface area contributed by atoms with Crippen LogP contribution in [0.4, 0.5) is 0 Å². The van der Waals surface area contributed by atoms with Gasteiger partial charge in [0, 0.05) is 25.8 Å². The summed E-state index contributed by atoms with van der Waals surface area (Å²) in [5.41, 5.74) is 0. The Bertz CT molecular complexity index is 30.1. The third-order valence-electron chi connectivity index (χ3n) is 0.605. The van der Waals surface area contributed by atoms with E-state index in [0.29, 0.717) is 0 Å². The first-order valence-electron chi connectivity index (χ1n) is 2.21. The van der Waals surface area contributed by atoms with Crippen LogP contribution in [-0.2, 0) is 0 Å². The van der Waals surface area contributed by atoms with E-state index >= 15 is 0 Å². The molecule has 0 saturated carbocycles. The largest absolute Gasteiger partial charge is 0.309 e. The maximum absolute atomic E-state index is 3.68. The van der Waals surface area contributed by atoms with Gasteiger partial charge in [-0.15, -0.1) is 0 Å². The Kier molecular flexibility index (Phi) is 39.9. The van der Waals surface area contributed by atoms with Crippen molar-refractivity contribution in [3.8, 4) is 0 Å². The van der Waals surface area contributed by atoms with E-state index in [0.717, 1.165) is 13.0 Å². The van der Waals surface area contributed by atoms with Crippen molar-refractivity contribution in [1.29, 1.82) is 0 Å². The summed E-state index contributed by atoms with van der Waals surface area (Å²) in [5.74, 6) is 0. The molecule has 0 amide bonds. The van der Waals surface area contributed by atoms with Crippen LogP contribution in [0.1, 0.15) is 21.3 Å². The van der Waals surface area contributed by atoms with E-state index in [2.05, 4.69) is 11.8 Å². The predicted molar refractivity (Wildman–Crippen MR) is 47.7 cm³/mol. The first-order valence-corrected chi connectivity index (χ1v) is 2.21. The van der Waals surface area contributed by atoms with Gasteiger partial charge in [-0.1, -0.05) is 21.8 Å². The summed E-state index contributed by atoms with van der Waals surface area (Å²) in [6.45, 7) is 4.78. The Morgan fingerprint density at radius 2 is 1.56 bits per heavy atom. The van der Waals surface area contributed by atoms with Crippen LogP contribution in [-0.4, -0.2) is 51.4 Å². The molecule has 0 saturated heterocycles. The second-order valence-corrected chi connectivity index (χ2v) is 1.66. The van der Waals surface area contributed by atoms with Gasteiger partial charge in [0.25, 0.3) is 0 Å². The minimum Gasteiger partial charge on any atom is -0.309 e. The Morgan fingerprint density at radius 1 is 1.22 bits per heavy atom. The summed E-state index contributed by atoms with van der Waals surface area (Å²) in [7, 11) is 4.09. The molecule has 4 radical (unpaired) electrons. The fourth-order valence-electron chi connectivity index (χ4n) is 0.316. The monoisotopic (exact) mass is 233 g/mol. The minimum absolute atomic E-state index is 0. The smallest absolute Gasteiger partial charge is 0 e. The fraction of sp³-hybridized carbons (Fsp3) is 0.857. The zero-order valence-electron chi connectivity index (χ0n) is 5.15. The molecule has 0 spiro atoms. The number of nitrogens with zero attached hydrogens (tertiary/aromatic N) is 1. The van der Waals surface area contributed by atoms with Crippen LogP contribution in [0, 0.1) is 6.92 Å². The number of rotatable bonds is 2. The summed E-state index contributed by atoms with van der Waals surface area (Å²) in [5, 5.41) is 0. The van der Waals surface area contributed by atoms with E-state index in [1.54, 1.807) is 0 Å². The molecule has 0 aliphatic rings. The molecule has 2 heteroatoms. The standard InChI is InChI=1S/C5H12N.2CH4.In/c1-4-5-6(2)3;;;/h1,4-5H2,2-3H3;2*1H4;. The molecule has 0 unspecified atom stereocenters. The predicted octanol–water partition coefficient (Wildman–Crippen LogP) is 1.66. The number of hydrogen-bond donors (Lipinski definition) is 0. The molecule has 56 valence electrons. The van der Waals surface area contributed by atoms with Crippen LogP contribution in [0.25, 0.3) is 0 Å². The molecule has 1 nitrogen and oxygen atoms in total. The third-order valence-corrected chi connectivity index (χ3v) is 0.605. The van der Waals surface area contributed by atoms with Gasteiger partial charge in [0.2, 0.25) is 0 Å². The Morgan fingerprint density at radius 3 is 1.56 bits per heavy atom. The van der Waals surface area contributed by atoms with Crippen LogP contribution in [0.5, 0.6) is 0 Å². The maximum atomic E-state index is 3.68. The average Bonchev–Trinajstić information content (AvgIpc) is 1.35. The van der Waals surface area contributed by atoms with Crippen molar-refractivity contribution in [2.24, 2.45) is 0 Å². The van der Waals surface area contributed by atoms with Gasteiger partial charge in [-0.25, -0.2) is 0 Å². The summed E-state index contributed by atoms with van der Waals surface area (Å²) < 4.78 is 0. The maximum Gasteiger partial charge on any atom is 0 e. The molecule has 0 N–H and O–H groups in total. The van der Waals surface area contributed by atoms with Gasteiger partial charge in [0.15, 0.2) is 0 Å². The van der Waals surface area contributed by atoms with Crippen molar-refractivity contribution >= 4 is 25.8 Å². The summed E-state index contributed by atoms with van der Waals surface area (Å²) in [4.78, 5) is 2.12. The van der Waals surface area contributed by atoms with Gasteiger partial charge in [-0.3, -0.25) is 0 Å². The van der Waals surface area contributed by atoms with Crippen molar-refractivity contribution in [3.63, 3.8) is 0 Å². The second-order valence-electron chi connectivity index (χ2n) is 1.66. The first kappa shape index (κ1) is 22.5. The molecule has 0 fully saturated rings. The SMILES string of the molecule is C.C.[CH2]CCN(C)C.[In]. The fourth-order valence-corrected chi connectivity index (χ4v) is 0.316. The third kappa shape index (κ3) is 28.1. The van der Waals surface area contributed by atoms with Crippen LogP contribution in [0.15, 0.2) is 0 Å². The molecule has 0 bridgehead atoms. The van der Waals surface area contributed by atoms with Crippen molar-refractivity contribution < 1.29 is 0 Å². The summed E-state index contributed by atoms with van der Waals surface area (Å²) in [6.07, 6.45) is 1.01. The van der Waals surface area contributed by atoms with Crippen molar-refractivity contribution in [3.05, 3.63) is 6.92 Å². The van der Waals surface area contributed by atoms with E-state index in [4.69, 9.17) is 0 Å². The van der Waals surface area contributed by atoms with Crippen LogP contribution >= 0.6 is 0 Å². The zero-order valence-corrected chi connectivity index (χ0v) is 8.44. The zero-order chi connectivity index (χ0) is 4.99. The summed E-state index contributed by atoms with van der Waals surface area (Å²) >= 11 is 0. The van der Waals surface area contributed by atoms with E-state index in [9.17, 15) is 0 Å². The van der Waals surface area contributed by atoms with Crippen molar-refractivity contribution in [1.82, 2.24) is 4.90 Å². The van der Waals surface area contributed by atoms with Crippen LogP contribution < -0.4 is 0 Å². The molecule has 0 aromatic carbocycles. The van der Waals surface area contributed by atoms with Crippen LogP contribution in [0.2, 0.25) is 0 Å². The molecule has 0 aromatic heterocycles. The van der Waals surface area contributed by atoms with Crippen molar-refractivity contribution in [2.45, 2.75) is 21.3 Å². The average molecular weight is 233 g/mol. The molecule has 0 rings (SSSR count). The van der Waals surface area contributed by atoms with E-state index in [1.807, 2.05) is 14.1 Å². The van der Waals surface area contributed by atoms with Crippen LogP contribution in [0.3, 0.4) is 0 Å². The van der Waals surface area contributed by atoms with Gasteiger partial charge in [-0.2, -0.15) is 0 Å². The van der Waals surface area contributed by atoms with E-state index in [-0.39, 0.29) is 40.7 Å². The van der Waals surface area contributed by atoms with Gasteiger partial charge in [0.1, 0.15) is 0 Å². The minimum atomic E-state index is 0. The van der Waals surface area contributed by atoms with Gasteiger partial charge in [-0.05, 0) is 27.1 Å². The molecular formula is C7H20InN. The van der Waals surface area contributed by atoms with Crippen molar-refractivity contribution in [2.75, 3.05) is 20.6 Å².